The number of thiophene rings is 1. The zero-order valence-electron chi connectivity index (χ0n) is 16.0. The number of nitrogens with zero attached hydrogens (tertiary/aromatic N) is 2. The molecule has 5 heteroatoms. The Morgan fingerprint density at radius 2 is 1.96 bits per heavy atom. The zero-order chi connectivity index (χ0) is 19.0. The van der Waals surface area contributed by atoms with Crippen LogP contribution in [0.5, 0.6) is 0 Å². The highest BCUT2D eigenvalue weighted by Gasteiger charge is 2.35. The summed E-state index contributed by atoms with van der Waals surface area (Å²) in [7, 11) is 0. The molecule has 2 heterocycles. The molecular weight excluding hydrogens is 356 g/mol. The number of amides is 2. The average molecular weight is 383 g/mol. The molecule has 142 valence electrons. The number of benzene rings is 1. The van der Waals surface area contributed by atoms with Crippen molar-refractivity contribution < 1.29 is 9.59 Å². The first-order valence-electron chi connectivity index (χ1n) is 9.71. The Kier molecular flexibility index (Phi) is 5.04. The van der Waals surface area contributed by atoms with Crippen LogP contribution in [-0.4, -0.2) is 41.2 Å². The Bertz CT molecular complexity index is 856. The molecule has 1 aliphatic heterocycles. The molecule has 1 aliphatic carbocycles. The van der Waals surface area contributed by atoms with Gasteiger partial charge in [0.1, 0.15) is 0 Å². The van der Waals surface area contributed by atoms with E-state index in [1.807, 2.05) is 17.0 Å². The maximum atomic E-state index is 13.3. The summed E-state index contributed by atoms with van der Waals surface area (Å²) in [5.74, 6) is 0.630. The van der Waals surface area contributed by atoms with Crippen molar-refractivity contribution in [3.8, 4) is 0 Å². The molecule has 0 saturated heterocycles. The predicted molar refractivity (Wildman–Crippen MR) is 108 cm³/mol. The summed E-state index contributed by atoms with van der Waals surface area (Å²) in [6, 6.07) is 10.4. The highest BCUT2D eigenvalue weighted by molar-refractivity contribution is 7.10. The van der Waals surface area contributed by atoms with Crippen molar-refractivity contribution in [2.24, 2.45) is 5.92 Å². The minimum Gasteiger partial charge on any atom is -0.333 e. The summed E-state index contributed by atoms with van der Waals surface area (Å²) in [4.78, 5) is 30.4. The van der Waals surface area contributed by atoms with Crippen molar-refractivity contribution in [2.45, 2.75) is 39.2 Å². The second kappa shape index (κ2) is 7.47. The number of fused-ring (bicyclic) bond motifs is 1. The standard InChI is InChI=1S/C22H26N2O2S/c1-15-5-3-4-6-18(15)22-19-10-12-27-20(19)9-11-24(22)21(26)14-23(16(2)25)13-17-7-8-17/h3-6,10,12,17,22H,7-9,11,13-14H2,1-2H3/t22-/m1/s1. The molecular formula is C22H26N2O2S. The van der Waals surface area contributed by atoms with Gasteiger partial charge in [0.25, 0.3) is 0 Å². The van der Waals surface area contributed by atoms with Gasteiger partial charge in [0, 0.05) is 24.9 Å². The van der Waals surface area contributed by atoms with Crippen LogP contribution in [-0.2, 0) is 16.0 Å². The van der Waals surface area contributed by atoms with E-state index in [0.29, 0.717) is 19.0 Å². The molecule has 0 bridgehead atoms. The maximum absolute atomic E-state index is 13.3. The van der Waals surface area contributed by atoms with Crippen LogP contribution < -0.4 is 0 Å². The zero-order valence-corrected chi connectivity index (χ0v) is 16.8. The Morgan fingerprint density at radius 3 is 2.67 bits per heavy atom. The van der Waals surface area contributed by atoms with Gasteiger partial charge in [-0.25, -0.2) is 0 Å². The van der Waals surface area contributed by atoms with Crippen LogP contribution >= 0.6 is 11.3 Å². The predicted octanol–water partition coefficient (Wildman–Crippen LogP) is 3.79. The summed E-state index contributed by atoms with van der Waals surface area (Å²) in [6.07, 6.45) is 3.24. The lowest BCUT2D eigenvalue weighted by Crippen LogP contribution is -2.47. The number of rotatable bonds is 5. The Balaban J connectivity index is 1.62. The van der Waals surface area contributed by atoms with E-state index in [4.69, 9.17) is 0 Å². The number of aryl methyl sites for hydroxylation is 1. The van der Waals surface area contributed by atoms with Crippen LogP contribution in [0.3, 0.4) is 0 Å². The Labute approximate surface area is 164 Å². The summed E-state index contributed by atoms with van der Waals surface area (Å²) in [5.41, 5.74) is 3.62. The minimum atomic E-state index is -0.0524. The summed E-state index contributed by atoms with van der Waals surface area (Å²) < 4.78 is 0. The lowest BCUT2D eigenvalue weighted by Gasteiger charge is -2.38. The third-order valence-electron chi connectivity index (χ3n) is 5.72. The van der Waals surface area contributed by atoms with E-state index in [1.54, 1.807) is 23.2 Å². The molecule has 1 saturated carbocycles. The number of carbonyl (C=O) groups excluding carboxylic acids is 2. The number of hydrogen-bond acceptors (Lipinski definition) is 3. The van der Waals surface area contributed by atoms with Crippen LogP contribution in [0, 0.1) is 12.8 Å². The molecule has 27 heavy (non-hydrogen) atoms. The van der Waals surface area contributed by atoms with E-state index < -0.39 is 0 Å². The summed E-state index contributed by atoms with van der Waals surface area (Å²) in [5, 5.41) is 2.12. The molecule has 1 fully saturated rings. The van der Waals surface area contributed by atoms with Crippen molar-refractivity contribution >= 4 is 23.2 Å². The van der Waals surface area contributed by atoms with Crippen molar-refractivity contribution in [1.29, 1.82) is 0 Å². The lowest BCUT2D eigenvalue weighted by molar-refractivity contribution is -0.141. The second-order valence-corrected chi connectivity index (χ2v) is 8.74. The molecule has 0 radical (unpaired) electrons. The van der Waals surface area contributed by atoms with Gasteiger partial charge in [-0.1, -0.05) is 24.3 Å². The number of hydrogen-bond donors (Lipinski definition) is 0. The number of carbonyl (C=O) groups is 2. The first kappa shape index (κ1) is 18.2. The first-order chi connectivity index (χ1) is 13.0. The van der Waals surface area contributed by atoms with Crippen molar-refractivity contribution in [1.82, 2.24) is 9.80 Å². The van der Waals surface area contributed by atoms with Gasteiger partial charge in [-0.15, -0.1) is 11.3 Å². The SMILES string of the molecule is CC(=O)N(CC(=O)N1CCc2sccc2[C@H]1c1ccccc1C)CC1CC1. The van der Waals surface area contributed by atoms with E-state index in [9.17, 15) is 9.59 Å². The van der Waals surface area contributed by atoms with E-state index >= 15 is 0 Å². The normalized spacial score (nSPS) is 18.9. The molecule has 1 atom stereocenters. The van der Waals surface area contributed by atoms with E-state index in [-0.39, 0.29) is 24.4 Å². The highest BCUT2D eigenvalue weighted by atomic mass is 32.1. The molecule has 1 aromatic heterocycles. The van der Waals surface area contributed by atoms with Gasteiger partial charge < -0.3 is 9.80 Å². The van der Waals surface area contributed by atoms with Gasteiger partial charge in [0.05, 0.1) is 12.6 Å². The van der Waals surface area contributed by atoms with Crippen LogP contribution in [0.4, 0.5) is 0 Å². The fraction of sp³-hybridized carbons (Fsp3) is 0.455. The third kappa shape index (κ3) is 3.79. The van der Waals surface area contributed by atoms with Gasteiger partial charge in [0.15, 0.2) is 0 Å². The summed E-state index contributed by atoms with van der Waals surface area (Å²) >= 11 is 1.78. The Morgan fingerprint density at radius 1 is 1.19 bits per heavy atom. The van der Waals surface area contributed by atoms with Gasteiger partial charge in [0.2, 0.25) is 11.8 Å². The van der Waals surface area contributed by atoms with Gasteiger partial charge in [-0.05, 0) is 60.2 Å². The summed E-state index contributed by atoms with van der Waals surface area (Å²) in [6.45, 7) is 5.29. The maximum Gasteiger partial charge on any atom is 0.242 e. The van der Waals surface area contributed by atoms with Crippen LogP contribution in [0.15, 0.2) is 35.7 Å². The topological polar surface area (TPSA) is 40.6 Å². The molecule has 2 aliphatic rings. The van der Waals surface area contributed by atoms with E-state index in [0.717, 1.165) is 6.42 Å². The molecule has 2 amide bonds. The monoisotopic (exact) mass is 382 g/mol. The van der Waals surface area contributed by atoms with Crippen molar-refractivity contribution in [2.75, 3.05) is 19.6 Å². The molecule has 4 nitrogen and oxygen atoms in total. The van der Waals surface area contributed by atoms with Crippen LogP contribution in [0.2, 0.25) is 0 Å². The van der Waals surface area contributed by atoms with Gasteiger partial charge in [-0.2, -0.15) is 0 Å². The van der Waals surface area contributed by atoms with Gasteiger partial charge in [-0.3, -0.25) is 9.59 Å². The molecule has 4 rings (SSSR count). The van der Waals surface area contributed by atoms with Gasteiger partial charge >= 0.3 is 0 Å². The fourth-order valence-electron chi connectivity index (χ4n) is 3.98. The fourth-order valence-corrected chi connectivity index (χ4v) is 4.89. The highest BCUT2D eigenvalue weighted by Crippen LogP contribution is 2.39. The molecule has 0 spiro atoms. The molecule has 0 N–H and O–H groups in total. The minimum absolute atomic E-state index is 0.00377. The Hall–Kier alpha value is -2.14. The lowest BCUT2D eigenvalue weighted by atomic mass is 9.90. The molecule has 2 aromatic rings. The average Bonchev–Trinajstić information content (AvgIpc) is 3.34. The van der Waals surface area contributed by atoms with Crippen LogP contribution in [0.1, 0.15) is 47.4 Å². The van der Waals surface area contributed by atoms with Crippen molar-refractivity contribution in [3.05, 3.63) is 57.3 Å². The van der Waals surface area contributed by atoms with Crippen molar-refractivity contribution in [3.63, 3.8) is 0 Å². The smallest absolute Gasteiger partial charge is 0.242 e. The molecule has 1 aromatic carbocycles. The third-order valence-corrected chi connectivity index (χ3v) is 6.71. The van der Waals surface area contributed by atoms with E-state index in [1.165, 1.54) is 34.4 Å². The quantitative estimate of drug-likeness (QED) is 0.789. The van der Waals surface area contributed by atoms with Crippen LogP contribution in [0.25, 0.3) is 0 Å². The largest absolute Gasteiger partial charge is 0.333 e. The van der Waals surface area contributed by atoms with E-state index in [2.05, 4.69) is 30.5 Å². The second-order valence-electron chi connectivity index (χ2n) is 7.74. The molecule has 0 unspecified atom stereocenters. The first-order valence-corrected chi connectivity index (χ1v) is 10.6.